The zero-order valence-corrected chi connectivity index (χ0v) is 15.2. The molecule has 1 aliphatic rings. The van der Waals surface area contributed by atoms with Crippen LogP contribution in [0.1, 0.15) is 41.0 Å². The number of hydrogen-bond donors (Lipinski definition) is 0. The van der Waals surface area contributed by atoms with Crippen molar-refractivity contribution in [3.05, 3.63) is 89.2 Å². The van der Waals surface area contributed by atoms with Gasteiger partial charge in [0, 0.05) is 29.8 Å². The molecule has 132 valence electrons. The molecule has 2 atom stereocenters. The molecule has 0 N–H and O–H groups in total. The molecular weight excluding hydrogens is 322 g/mol. The molecule has 1 aliphatic heterocycles. The first-order valence-electron chi connectivity index (χ1n) is 9.05. The third kappa shape index (κ3) is 3.05. The smallest absolute Gasteiger partial charge is 0.165 e. The van der Waals surface area contributed by atoms with Crippen LogP contribution in [-0.4, -0.2) is 18.7 Å². The largest absolute Gasteiger partial charge is 0.493 e. The predicted octanol–water partition coefficient (Wildman–Crippen LogP) is 4.96. The Morgan fingerprint density at radius 3 is 2.58 bits per heavy atom. The normalized spacial score (nSPS) is 16.6. The molecular formula is C23H23NO2. The van der Waals surface area contributed by atoms with Crippen molar-refractivity contribution in [2.75, 3.05) is 13.7 Å². The lowest BCUT2D eigenvalue weighted by Crippen LogP contribution is -2.09. The molecule has 0 amide bonds. The molecule has 3 aromatic rings. The van der Waals surface area contributed by atoms with Crippen molar-refractivity contribution in [2.45, 2.75) is 25.2 Å². The topological polar surface area (TPSA) is 31.4 Å². The van der Waals surface area contributed by atoms with Crippen LogP contribution < -0.4 is 9.47 Å². The number of rotatable bonds is 5. The summed E-state index contributed by atoms with van der Waals surface area (Å²) in [7, 11) is 1.70. The van der Waals surface area contributed by atoms with E-state index in [4.69, 9.17) is 9.47 Å². The molecule has 0 bridgehead atoms. The Kier molecular flexibility index (Phi) is 4.61. The van der Waals surface area contributed by atoms with Crippen LogP contribution in [0.4, 0.5) is 0 Å². The Morgan fingerprint density at radius 2 is 1.85 bits per heavy atom. The fourth-order valence-electron chi connectivity index (χ4n) is 3.86. The van der Waals surface area contributed by atoms with Crippen molar-refractivity contribution in [2.24, 2.45) is 0 Å². The molecule has 0 saturated carbocycles. The Hall–Kier alpha value is -2.81. The van der Waals surface area contributed by atoms with Gasteiger partial charge in [-0.1, -0.05) is 43.3 Å². The first kappa shape index (κ1) is 16.6. The molecule has 0 spiro atoms. The quantitative estimate of drug-likeness (QED) is 0.655. The maximum Gasteiger partial charge on any atom is 0.165 e. The SMILES string of the molecule is COc1ccc(C(Cc2ccncc2)c2ccccc2)c2c1OCC2C. The minimum atomic E-state index is 0.266. The summed E-state index contributed by atoms with van der Waals surface area (Å²) >= 11 is 0. The standard InChI is InChI=1S/C23H23NO2/c1-16-15-26-23-21(25-2)9-8-19(22(16)23)20(18-6-4-3-5-7-18)14-17-10-12-24-13-11-17/h3-13,16,20H,14-15H2,1-2H3. The van der Waals surface area contributed by atoms with Crippen LogP contribution in [0.15, 0.2) is 67.0 Å². The van der Waals surface area contributed by atoms with Gasteiger partial charge in [0.2, 0.25) is 0 Å². The molecule has 0 saturated heterocycles. The van der Waals surface area contributed by atoms with Crippen molar-refractivity contribution < 1.29 is 9.47 Å². The van der Waals surface area contributed by atoms with Crippen LogP contribution in [-0.2, 0) is 6.42 Å². The van der Waals surface area contributed by atoms with Gasteiger partial charge in [-0.3, -0.25) is 4.98 Å². The second kappa shape index (κ2) is 7.20. The summed E-state index contributed by atoms with van der Waals surface area (Å²) in [5, 5.41) is 0. The number of methoxy groups -OCH3 is 1. The van der Waals surface area contributed by atoms with E-state index in [0.29, 0.717) is 12.5 Å². The summed E-state index contributed by atoms with van der Waals surface area (Å²) in [6.07, 6.45) is 4.65. The minimum Gasteiger partial charge on any atom is -0.493 e. The molecule has 4 rings (SSSR count). The fourth-order valence-corrected chi connectivity index (χ4v) is 3.86. The van der Waals surface area contributed by atoms with Crippen molar-refractivity contribution in [1.29, 1.82) is 0 Å². The summed E-state index contributed by atoms with van der Waals surface area (Å²) in [6, 6.07) is 19.1. The second-order valence-electron chi connectivity index (χ2n) is 6.83. The fraction of sp³-hybridized carbons (Fsp3) is 0.261. The van der Waals surface area contributed by atoms with E-state index in [-0.39, 0.29) is 5.92 Å². The van der Waals surface area contributed by atoms with E-state index >= 15 is 0 Å². The van der Waals surface area contributed by atoms with Gasteiger partial charge in [0.1, 0.15) is 0 Å². The summed E-state index contributed by atoms with van der Waals surface area (Å²) in [5.74, 6) is 2.36. The molecule has 3 nitrogen and oxygen atoms in total. The lowest BCUT2D eigenvalue weighted by molar-refractivity contribution is 0.314. The first-order valence-corrected chi connectivity index (χ1v) is 9.05. The lowest BCUT2D eigenvalue weighted by Gasteiger charge is -2.22. The van der Waals surface area contributed by atoms with Crippen molar-refractivity contribution in [3.63, 3.8) is 0 Å². The van der Waals surface area contributed by atoms with Gasteiger partial charge in [-0.15, -0.1) is 0 Å². The number of pyridine rings is 1. The van der Waals surface area contributed by atoms with E-state index in [2.05, 4.69) is 60.4 Å². The summed E-state index contributed by atoms with van der Waals surface area (Å²) < 4.78 is 11.5. The zero-order valence-electron chi connectivity index (χ0n) is 15.2. The number of nitrogens with zero attached hydrogens (tertiary/aromatic N) is 1. The molecule has 2 aromatic carbocycles. The van der Waals surface area contributed by atoms with Crippen molar-refractivity contribution >= 4 is 0 Å². The zero-order chi connectivity index (χ0) is 17.9. The molecule has 3 heteroatoms. The Bertz CT molecular complexity index is 877. The highest BCUT2D eigenvalue weighted by molar-refractivity contribution is 5.57. The Morgan fingerprint density at radius 1 is 1.08 bits per heavy atom. The van der Waals surface area contributed by atoms with Crippen molar-refractivity contribution in [1.82, 2.24) is 4.98 Å². The minimum absolute atomic E-state index is 0.266. The number of aromatic nitrogens is 1. The van der Waals surface area contributed by atoms with Gasteiger partial charge in [-0.2, -0.15) is 0 Å². The van der Waals surface area contributed by atoms with Crippen LogP contribution >= 0.6 is 0 Å². The number of fused-ring (bicyclic) bond motifs is 1. The predicted molar refractivity (Wildman–Crippen MR) is 103 cm³/mol. The number of hydrogen-bond acceptors (Lipinski definition) is 3. The summed E-state index contributed by atoms with van der Waals surface area (Å²) in [6.45, 7) is 2.93. The van der Waals surface area contributed by atoms with Crippen LogP contribution in [0.25, 0.3) is 0 Å². The van der Waals surface area contributed by atoms with Gasteiger partial charge in [0.05, 0.1) is 13.7 Å². The van der Waals surface area contributed by atoms with Gasteiger partial charge >= 0.3 is 0 Å². The van der Waals surface area contributed by atoms with E-state index in [1.807, 2.05) is 18.5 Å². The third-order valence-corrected chi connectivity index (χ3v) is 5.15. The van der Waals surface area contributed by atoms with E-state index in [1.165, 1.54) is 22.3 Å². The summed E-state index contributed by atoms with van der Waals surface area (Å²) in [4.78, 5) is 4.15. The van der Waals surface area contributed by atoms with Crippen LogP contribution in [0, 0.1) is 0 Å². The van der Waals surface area contributed by atoms with Gasteiger partial charge in [-0.05, 0) is 41.3 Å². The maximum absolute atomic E-state index is 5.97. The van der Waals surface area contributed by atoms with E-state index in [1.54, 1.807) is 7.11 Å². The molecule has 1 aromatic heterocycles. The van der Waals surface area contributed by atoms with Crippen LogP contribution in [0.3, 0.4) is 0 Å². The summed E-state index contributed by atoms with van der Waals surface area (Å²) in [5.41, 5.74) is 5.21. The molecule has 2 heterocycles. The molecule has 0 radical (unpaired) electrons. The van der Waals surface area contributed by atoms with Crippen molar-refractivity contribution in [3.8, 4) is 11.5 Å². The van der Waals surface area contributed by atoms with Gasteiger partial charge < -0.3 is 9.47 Å². The van der Waals surface area contributed by atoms with Crippen LogP contribution in [0.5, 0.6) is 11.5 Å². The maximum atomic E-state index is 5.97. The number of benzene rings is 2. The van der Waals surface area contributed by atoms with Crippen LogP contribution in [0.2, 0.25) is 0 Å². The van der Waals surface area contributed by atoms with E-state index in [9.17, 15) is 0 Å². The molecule has 26 heavy (non-hydrogen) atoms. The molecule has 0 aliphatic carbocycles. The third-order valence-electron chi connectivity index (χ3n) is 5.15. The highest BCUT2D eigenvalue weighted by Crippen LogP contribution is 2.46. The highest BCUT2D eigenvalue weighted by Gasteiger charge is 2.30. The molecule has 0 fully saturated rings. The highest BCUT2D eigenvalue weighted by atomic mass is 16.5. The average Bonchev–Trinajstić information content (AvgIpc) is 3.09. The average molecular weight is 345 g/mol. The lowest BCUT2D eigenvalue weighted by atomic mass is 9.81. The monoisotopic (exact) mass is 345 g/mol. The van der Waals surface area contributed by atoms with E-state index < -0.39 is 0 Å². The molecule has 2 unspecified atom stereocenters. The van der Waals surface area contributed by atoms with Gasteiger partial charge in [-0.25, -0.2) is 0 Å². The van der Waals surface area contributed by atoms with Gasteiger partial charge in [0.15, 0.2) is 11.5 Å². The Labute approximate surface area is 154 Å². The second-order valence-corrected chi connectivity index (χ2v) is 6.83. The Balaban J connectivity index is 1.84. The van der Waals surface area contributed by atoms with E-state index in [0.717, 1.165) is 17.9 Å². The first-order chi connectivity index (χ1) is 12.8. The van der Waals surface area contributed by atoms with Gasteiger partial charge in [0.25, 0.3) is 0 Å². The number of ether oxygens (including phenoxy) is 2.